The van der Waals surface area contributed by atoms with E-state index in [4.69, 9.17) is 18.9 Å². The first-order valence-corrected chi connectivity index (χ1v) is 32.0. The first kappa shape index (κ1) is 61.6. The Hall–Kier alpha value is -6.06. The Morgan fingerprint density at radius 2 is 1.25 bits per heavy atom. The molecule has 0 aromatic heterocycles. The molecule has 0 bridgehead atoms. The Morgan fingerprint density at radius 3 is 1.82 bits per heavy atom. The van der Waals surface area contributed by atoms with E-state index >= 15 is 0 Å². The Balaban J connectivity index is 1.57. The first-order valence-electron chi connectivity index (χ1n) is 25.7. The van der Waals surface area contributed by atoms with Gasteiger partial charge in [0.15, 0.2) is 5.71 Å². The van der Waals surface area contributed by atoms with E-state index in [1.807, 2.05) is 35.8 Å². The maximum atomic E-state index is 12.9. The number of carboxylic acids is 1. The Bertz CT molecular complexity index is 3720. The van der Waals surface area contributed by atoms with Crippen LogP contribution >= 0.6 is 0 Å². The van der Waals surface area contributed by atoms with E-state index in [9.17, 15) is 61.8 Å². The summed E-state index contributed by atoms with van der Waals surface area (Å²) in [6.07, 6.45) is 8.26. The summed E-state index contributed by atoms with van der Waals surface area (Å²) in [7, 11) is -14.8. The van der Waals surface area contributed by atoms with Crippen LogP contribution in [0.4, 0.5) is 11.4 Å². The van der Waals surface area contributed by atoms with Crippen LogP contribution in [-0.2, 0) is 60.8 Å². The summed E-state index contributed by atoms with van der Waals surface area (Å²) in [4.78, 5) is 14.8. The molecule has 0 radical (unpaired) electrons. The van der Waals surface area contributed by atoms with Crippen molar-refractivity contribution in [3.8, 4) is 11.5 Å². The van der Waals surface area contributed by atoms with E-state index in [-0.39, 0.29) is 73.1 Å². The summed E-state index contributed by atoms with van der Waals surface area (Å²) in [5.41, 5.74) is 3.13. The molecule has 80 heavy (non-hydrogen) atoms. The molecular weight excluding hydrogens is 1120 g/mol. The molecule has 2 atom stereocenters. The third-order valence-electron chi connectivity index (χ3n) is 14.5. The number of methoxy groups -OCH3 is 2. The van der Waals surface area contributed by atoms with Crippen LogP contribution in [0.25, 0.3) is 27.1 Å². The predicted molar refractivity (Wildman–Crippen MR) is 306 cm³/mol. The van der Waals surface area contributed by atoms with Gasteiger partial charge in [-0.3, -0.25) is 18.2 Å². The van der Waals surface area contributed by atoms with Crippen molar-refractivity contribution >= 4 is 90.6 Å². The molecule has 24 heteroatoms. The van der Waals surface area contributed by atoms with Gasteiger partial charge in [-0.25, -0.2) is 4.79 Å². The van der Waals surface area contributed by atoms with Gasteiger partial charge in [-0.05, 0) is 127 Å². The second-order valence-electron chi connectivity index (χ2n) is 20.1. The molecule has 0 spiro atoms. The molecule has 5 N–H and O–H groups in total. The summed E-state index contributed by atoms with van der Waals surface area (Å²) in [5.74, 6) is -3.63. The Morgan fingerprint density at radius 1 is 0.675 bits per heavy atom. The van der Waals surface area contributed by atoms with Crippen molar-refractivity contribution in [1.82, 2.24) is 0 Å². The molecular formula is C56H67N2O18S4+. The van der Waals surface area contributed by atoms with Crippen molar-refractivity contribution in [3.05, 3.63) is 131 Å². The molecule has 0 fully saturated rings. The number of nitrogens with zero attached hydrogens (tertiary/aromatic N) is 2. The van der Waals surface area contributed by atoms with Crippen LogP contribution in [0.15, 0.2) is 114 Å². The van der Waals surface area contributed by atoms with Gasteiger partial charge in [-0.1, -0.05) is 49.4 Å². The highest BCUT2D eigenvalue weighted by Crippen LogP contribution is 2.53. The molecule has 0 amide bonds. The van der Waals surface area contributed by atoms with Crippen molar-refractivity contribution in [2.45, 2.75) is 75.0 Å². The normalized spacial score (nSPS) is 18.5. The van der Waals surface area contributed by atoms with Crippen molar-refractivity contribution < 1.29 is 85.3 Å². The van der Waals surface area contributed by atoms with Gasteiger partial charge in [0.05, 0.1) is 51.9 Å². The van der Waals surface area contributed by atoms with Gasteiger partial charge in [-0.15, -0.1) is 0 Å². The minimum absolute atomic E-state index is 0.0281. The number of carboxylic acid groups (broad SMARTS) is 1. The molecule has 5 aromatic rings. The van der Waals surface area contributed by atoms with Gasteiger partial charge in [0.2, 0.25) is 5.69 Å². The lowest BCUT2D eigenvalue weighted by atomic mass is 9.74. The highest BCUT2D eigenvalue weighted by atomic mass is 32.2. The predicted octanol–water partition coefficient (Wildman–Crippen LogP) is 8.67. The summed E-state index contributed by atoms with van der Waals surface area (Å²) in [6, 6.07) is 22.3. The molecule has 0 saturated carbocycles. The summed E-state index contributed by atoms with van der Waals surface area (Å²) < 4.78 is 162. The van der Waals surface area contributed by atoms with Crippen LogP contribution < -0.4 is 14.4 Å². The average Bonchev–Trinajstić information content (AvgIpc) is 4.03. The second-order valence-corrected chi connectivity index (χ2v) is 26.3. The quantitative estimate of drug-likeness (QED) is 0.0135. The number of allylic oxidation sites excluding steroid dienone is 6. The summed E-state index contributed by atoms with van der Waals surface area (Å²) in [6.45, 7) is 6.59. The van der Waals surface area contributed by atoms with E-state index < -0.39 is 74.5 Å². The zero-order chi connectivity index (χ0) is 58.4. The van der Waals surface area contributed by atoms with Gasteiger partial charge in [0.25, 0.3) is 40.5 Å². The molecule has 5 aromatic carbocycles. The van der Waals surface area contributed by atoms with Gasteiger partial charge in [0, 0.05) is 74.9 Å². The monoisotopic (exact) mass is 1180 g/mol. The highest BCUT2D eigenvalue weighted by Gasteiger charge is 2.49. The average molecular weight is 1180 g/mol. The molecule has 7 rings (SSSR count). The molecule has 0 saturated heterocycles. The SMILES string of the molecule is CCCN1/C(=C/C=C(/C=C/C2=[N+](CCCS(=O)(=O)O)c3ccc4cc(S(=O)(=O)O)ccc4c3C2(C)CCOC)c2c(OCCCS(=O)(=O)O)cc(C(=O)O)cc2OCCCS(=O)(=O)O)C(C)(CCOC)c2c1ccc1ccccc21. The number of ether oxygens (including phenoxy) is 4. The number of hydrogen-bond acceptors (Lipinski definition) is 14. The molecule has 2 heterocycles. The lowest BCUT2D eigenvalue weighted by Gasteiger charge is -2.30. The smallest absolute Gasteiger partial charge is 0.335 e. The summed E-state index contributed by atoms with van der Waals surface area (Å²) >= 11 is 0. The third kappa shape index (κ3) is 14.2. The first-order chi connectivity index (χ1) is 37.6. The molecule has 432 valence electrons. The zero-order valence-electron chi connectivity index (χ0n) is 45.0. The van der Waals surface area contributed by atoms with E-state index in [0.29, 0.717) is 59.3 Å². The number of fused-ring (bicyclic) bond motifs is 6. The molecule has 0 aliphatic carbocycles. The second kappa shape index (κ2) is 25.0. The fourth-order valence-corrected chi connectivity index (χ4v) is 12.8. The number of benzene rings is 5. The van der Waals surface area contributed by atoms with Crippen molar-refractivity contribution in [1.29, 1.82) is 0 Å². The minimum atomic E-state index is -4.62. The topological polar surface area (TPSA) is 298 Å². The Labute approximate surface area is 467 Å². The maximum Gasteiger partial charge on any atom is 0.335 e. The van der Waals surface area contributed by atoms with E-state index in [1.165, 1.54) is 31.4 Å². The van der Waals surface area contributed by atoms with Crippen molar-refractivity contribution in [3.63, 3.8) is 0 Å². The number of rotatable bonds is 28. The van der Waals surface area contributed by atoms with E-state index in [1.54, 1.807) is 43.5 Å². The lowest BCUT2D eigenvalue weighted by molar-refractivity contribution is -0.437. The van der Waals surface area contributed by atoms with Crippen molar-refractivity contribution in [2.75, 3.05) is 75.9 Å². The Kier molecular flexibility index (Phi) is 19.2. The highest BCUT2D eigenvalue weighted by molar-refractivity contribution is 7.86. The van der Waals surface area contributed by atoms with Crippen LogP contribution in [0.1, 0.15) is 86.3 Å². The zero-order valence-corrected chi connectivity index (χ0v) is 48.3. The van der Waals surface area contributed by atoms with Crippen LogP contribution in [0.2, 0.25) is 0 Å². The lowest BCUT2D eigenvalue weighted by Crippen LogP contribution is -2.33. The van der Waals surface area contributed by atoms with E-state index in [2.05, 4.69) is 36.9 Å². The van der Waals surface area contributed by atoms with Gasteiger partial charge in [-0.2, -0.15) is 38.2 Å². The minimum Gasteiger partial charge on any atom is -0.493 e. The third-order valence-corrected chi connectivity index (χ3v) is 17.7. The number of carbonyl (C=O) groups is 1. The number of hydrogen-bond donors (Lipinski definition) is 5. The molecule has 2 aliphatic rings. The van der Waals surface area contributed by atoms with Crippen LogP contribution in [0.3, 0.4) is 0 Å². The number of anilines is 1. The maximum absolute atomic E-state index is 12.9. The van der Waals surface area contributed by atoms with Gasteiger partial charge < -0.3 is 29.0 Å². The molecule has 2 aliphatic heterocycles. The number of aromatic carboxylic acids is 1. The van der Waals surface area contributed by atoms with E-state index in [0.717, 1.165) is 34.1 Å². The van der Waals surface area contributed by atoms with Crippen LogP contribution in [-0.4, -0.2) is 144 Å². The van der Waals surface area contributed by atoms with Crippen LogP contribution in [0.5, 0.6) is 11.5 Å². The molecule has 20 nitrogen and oxygen atoms in total. The molecule has 2 unspecified atom stereocenters. The fraction of sp³-hybridized carbons (Fsp3) is 0.393. The van der Waals surface area contributed by atoms with Gasteiger partial charge in [0.1, 0.15) is 18.0 Å². The van der Waals surface area contributed by atoms with Crippen molar-refractivity contribution in [2.24, 2.45) is 0 Å². The summed E-state index contributed by atoms with van der Waals surface area (Å²) in [5, 5.41) is 13.6. The largest absolute Gasteiger partial charge is 0.493 e. The van der Waals surface area contributed by atoms with Crippen LogP contribution in [0, 0.1) is 0 Å². The van der Waals surface area contributed by atoms with Gasteiger partial charge >= 0.3 is 5.97 Å². The fourth-order valence-electron chi connectivity index (χ4n) is 10.8. The standard InChI is InChI=1S/C56H66N2O18S4/c1-6-26-57-45-20-14-38-12-7-8-13-43(38)52(45)55(2,24-30-73-4)49(57)22-16-39(51-47(75-28-10-33-78(64,65)66)36-41(54(59)60)37-48(51)76-29-11-34-79(67,68)69)17-23-50-56(3,25-31-74-5)53-44-19-18-42(80(70,71)72)35-40(44)15-21-46(53)58(50)27-9-32-77(61,62)63/h7-8,12-23,35-37H,6,9-11,24-34H2,1-5H3,(H4-,59,60,61,62,63,64,65,66,67,68,69,70,71,72)/p+1.